The molecule has 0 aromatic carbocycles. The minimum Gasteiger partial charge on any atom is -0.342 e. The van der Waals surface area contributed by atoms with E-state index in [1.165, 1.54) is 0 Å². The summed E-state index contributed by atoms with van der Waals surface area (Å²) < 4.78 is 0. The summed E-state index contributed by atoms with van der Waals surface area (Å²) in [6, 6.07) is 3.93. The van der Waals surface area contributed by atoms with Gasteiger partial charge in [-0.15, -0.1) is 0 Å². The summed E-state index contributed by atoms with van der Waals surface area (Å²) in [4.78, 5) is 11.9. The van der Waals surface area contributed by atoms with E-state index in [1.807, 2.05) is 24.5 Å². The van der Waals surface area contributed by atoms with Crippen molar-refractivity contribution in [2.45, 2.75) is 19.8 Å². The molecule has 0 amide bonds. The molecule has 2 aromatic rings. The molecule has 0 radical (unpaired) electrons. The Bertz CT molecular complexity index is 461. The Morgan fingerprint density at radius 2 is 2.18 bits per heavy atom. The fraction of sp³-hybridized carbons (Fsp3) is 0.385. The van der Waals surface area contributed by atoms with Gasteiger partial charge in [-0.05, 0) is 18.1 Å². The van der Waals surface area contributed by atoms with E-state index in [4.69, 9.17) is 5.73 Å². The number of nitrogens with one attached hydrogen (secondary N) is 1. The highest BCUT2D eigenvalue weighted by Crippen LogP contribution is 2.23. The van der Waals surface area contributed by atoms with Gasteiger partial charge < -0.3 is 10.7 Å². The third-order valence-corrected chi connectivity index (χ3v) is 2.98. The molecule has 0 aliphatic heterocycles. The third kappa shape index (κ3) is 2.53. The molecule has 0 saturated carbocycles. The standard InChI is InChI=1S/C13H18N4/c1-9(2)11(6-14)13-16-8-12(17-13)10-4-3-5-15-7-10/h3-5,7-9,11H,6,14H2,1-2H3,(H,16,17). The van der Waals surface area contributed by atoms with Gasteiger partial charge in [0.25, 0.3) is 0 Å². The van der Waals surface area contributed by atoms with Crippen LogP contribution in [0.5, 0.6) is 0 Å². The SMILES string of the molecule is CC(C)C(CN)c1ncc(-c2cccnc2)[nH]1. The van der Waals surface area contributed by atoms with Crippen LogP contribution in [0.2, 0.25) is 0 Å². The molecule has 3 N–H and O–H groups in total. The van der Waals surface area contributed by atoms with E-state index in [0.717, 1.165) is 17.1 Å². The van der Waals surface area contributed by atoms with E-state index < -0.39 is 0 Å². The van der Waals surface area contributed by atoms with Gasteiger partial charge in [-0.2, -0.15) is 0 Å². The highest BCUT2D eigenvalue weighted by Gasteiger charge is 2.17. The van der Waals surface area contributed by atoms with Gasteiger partial charge in [0.15, 0.2) is 0 Å². The van der Waals surface area contributed by atoms with Crippen LogP contribution in [0.3, 0.4) is 0 Å². The highest BCUT2D eigenvalue weighted by atomic mass is 14.9. The number of nitrogens with zero attached hydrogens (tertiary/aromatic N) is 2. The maximum absolute atomic E-state index is 5.78. The molecule has 4 heteroatoms. The quantitative estimate of drug-likeness (QED) is 0.845. The summed E-state index contributed by atoms with van der Waals surface area (Å²) in [5.74, 6) is 1.72. The molecule has 2 heterocycles. The number of pyridine rings is 1. The Balaban J connectivity index is 2.27. The predicted molar refractivity (Wildman–Crippen MR) is 68.5 cm³/mol. The molecule has 0 saturated heterocycles. The number of hydrogen-bond donors (Lipinski definition) is 2. The zero-order valence-electron chi connectivity index (χ0n) is 10.2. The second-order valence-corrected chi connectivity index (χ2v) is 4.51. The first-order valence-electron chi connectivity index (χ1n) is 5.87. The van der Waals surface area contributed by atoms with E-state index in [0.29, 0.717) is 12.5 Å². The second kappa shape index (κ2) is 5.10. The summed E-state index contributed by atoms with van der Waals surface area (Å²) in [7, 11) is 0. The summed E-state index contributed by atoms with van der Waals surface area (Å²) in [5.41, 5.74) is 7.82. The lowest BCUT2D eigenvalue weighted by atomic mass is 9.95. The van der Waals surface area contributed by atoms with Crippen LogP contribution in [-0.2, 0) is 0 Å². The van der Waals surface area contributed by atoms with Gasteiger partial charge in [0.2, 0.25) is 0 Å². The smallest absolute Gasteiger partial charge is 0.111 e. The molecule has 2 aromatic heterocycles. The molecule has 0 spiro atoms. The van der Waals surface area contributed by atoms with Gasteiger partial charge in [-0.3, -0.25) is 4.98 Å². The van der Waals surface area contributed by atoms with Crippen LogP contribution in [0, 0.1) is 5.92 Å². The van der Waals surface area contributed by atoms with E-state index in [-0.39, 0.29) is 5.92 Å². The zero-order valence-corrected chi connectivity index (χ0v) is 10.2. The lowest BCUT2D eigenvalue weighted by Gasteiger charge is -2.15. The van der Waals surface area contributed by atoms with Crippen molar-refractivity contribution in [1.82, 2.24) is 15.0 Å². The minimum atomic E-state index is 0.278. The Morgan fingerprint density at radius 1 is 1.35 bits per heavy atom. The van der Waals surface area contributed by atoms with Crippen molar-refractivity contribution in [2.75, 3.05) is 6.54 Å². The van der Waals surface area contributed by atoms with Crippen LogP contribution in [0.1, 0.15) is 25.6 Å². The van der Waals surface area contributed by atoms with Gasteiger partial charge in [-0.1, -0.05) is 13.8 Å². The first kappa shape index (κ1) is 11.8. The van der Waals surface area contributed by atoms with E-state index in [2.05, 4.69) is 28.8 Å². The van der Waals surface area contributed by atoms with E-state index in [9.17, 15) is 0 Å². The summed E-state index contributed by atoms with van der Waals surface area (Å²) in [6.07, 6.45) is 5.43. The fourth-order valence-electron chi connectivity index (χ4n) is 1.89. The van der Waals surface area contributed by atoms with E-state index in [1.54, 1.807) is 6.20 Å². The zero-order chi connectivity index (χ0) is 12.3. The topological polar surface area (TPSA) is 67.6 Å². The first-order valence-corrected chi connectivity index (χ1v) is 5.87. The second-order valence-electron chi connectivity index (χ2n) is 4.51. The molecule has 0 aliphatic carbocycles. The lowest BCUT2D eigenvalue weighted by molar-refractivity contribution is 0.487. The molecular weight excluding hydrogens is 212 g/mol. The predicted octanol–water partition coefficient (Wildman–Crippen LogP) is 2.17. The van der Waals surface area contributed by atoms with Crippen LogP contribution in [-0.4, -0.2) is 21.5 Å². The molecule has 17 heavy (non-hydrogen) atoms. The largest absolute Gasteiger partial charge is 0.342 e. The Hall–Kier alpha value is -1.68. The van der Waals surface area contributed by atoms with Gasteiger partial charge in [0.1, 0.15) is 5.82 Å². The Kier molecular flexibility index (Phi) is 3.54. The van der Waals surface area contributed by atoms with Gasteiger partial charge >= 0.3 is 0 Å². The maximum atomic E-state index is 5.78. The monoisotopic (exact) mass is 230 g/mol. The number of nitrogens with two attached hydrogens (primary N) is 1. The van der Waals surface area contributed by atoms with E-state index >= 15 is 0 Å². The van der Waals surface area contributed by atoms with Crippen molar-refractivity contribution < 1.29 is 0 Å². The molecule has 4 nitrogen and oxygen atoms in total. The number of imidazole rings is 1. The van der Waals surface area contributed by atoms with Crippen molar-refractivity contribution in [3.05, 3.63) is 36.5 Å². The van der Waals surface area contributed by atoms with Gasteiger partial charge in [0.05, 0.1) is 11.9 Å². The molecule has 90 valence electrons. The molecule has 2 rings (SSSR count). The van der Waals surface area contributed by atoms with Crippen molar-refractivity contribution in [3.63, 3.8) is 0 Å². The molecule has 0 fully saturated rings. The van der Waals surface area contributed by atoms with Crippen LogP contribution < -0.4 is 5.73 Å². The van der Waals surface area contributed by atoms with Crippen molar-refractivity contribution >= 4 is 0 Å². The van der Waals surface area contributed by atoms with Gasteiger partial charge in [0, 0.05) is 30.4 Å². The molecule has 1 unspecified atom stereocenters. The Morgan fingerprint density at radius 3 is 2.76 bits per heavy atom. The maximum Gasteiger partial charge on any atom is 0.111 e. The average molecular weight is 230 g/mol. The molecular formula is C13H18N4. The number of aromatic nitrogens is 3. The molecule has 0 aliphatic rings. The van der Waals surface area contributed by atoms with Crippen LogP contribution in [0.15, 0.2) is 30.7 Å². The number of aromatic amines is 1. The summed E-state index contributed by atoms with van der Waals surface area (Å²) in [6.45, 7) is 4.92. The highest BCUT2D eigenvalue weighted by molar-refractivity contribution is 5.56. The fourth-order valence-corrected chi connectivity index (χ4v) is 1.89. The third-order valence-electron chi connectivity index (χ3n) is 2.98. The Labute approximate surface area is 101 Å². The minimum absolute atomic E-state index is 0.278. The summed E-state index contributed by atoms with van der Waals surface area (Å²) >= 11 is 0. The van der Waals surface area contributed by atoms with Crippen molar-refractivity contribution in [1.29, 1.82) is 0 Å². The first-order chi connectivity index (χ1) is 8.22. The number of hydrogen-bond acceptors (Lipinski definition) is 3. The number of H-pyrrole nitrogens is 1. The molecule has 0 bridgehead atoms. The van der Waals surface area contributed by atoms with Crippen LogP contribution in [0.4, 0.5) is 0 Å². The van der Waals surface area contributed by atoms with Crippen molar-refractivity contribution in [2.24, 2.45) is 11.7 Å². The van der Waals surface area contributed by atoms with Crippen molar-refractivity contribution in [3.8, 4) is 11.3 Å². The lowest BCUT2D eigenvalue weighted by Crippen LogP contribution is -2.19. The average Bonchev–Trinajstić information content (AvgIpc) is 2.80. The normalized spacial score (nSPS) is 12.9. The van der Waals surface area contributed by atoms with Crippen LogP contribution in [0.25, 0.3) is 11.3 Å². The molecule has 1 atom stereocenters. The van der Waals surface area contributed by atoms with Crippen LogP contribution >= 0.6 is 0 Å². The summed E-state index contributed by atoms with van der Waals surface area (Å²) in [5, 5.41) is 0. The van der Waals surface area contributed by atoms with Gasteiger partial charge in [-0.25, -0.2) is 4.98 Å². The number of rotatable bonds is 4.